The van der Waals surface area contributed by atoms with E-state index in [1.165, 1.54) is 38.5 Å². The molecule has 2 saturated heterocycles. The van der Waals surface area contributed by atoms with Crippen LogP contribution in [0.25, 0.3) is 0 Å². The van der Waals surface area contributed by atoms with Gasteiger partial charge in [0, 0.05) is 53.9 Å². The van der Waals surface area contributed by atoms with Crippen LogP contribution in [0.1, 0.15) is 186 Å². The van der Waals surface area contributed by atoms with Crippen LogP contribution in [0.5, 0.6) is 0 Å². The molecule has 4 aliphatic rings. The first-order valence-electron chi connectivity index (χ1n) is 21.3. The van der Waals surface area contributed by atoms with Crippen molar-refractivity contribution in [3.8, 4) is 0 Å². The first kappa shape index (κ1) is 42.4. The van der Waals surface area contributed by atoms with Crippen LogP contribution in [0.4, 0.5) is 17.8 Å². The van der Waals surface area contributed by atoms with Crippen molar-refractivity contribution in [1.29, 1.82) is 0 Å². The molecular weight excluding hydrogens is 661 g/mol. The summed E-state index contributed by atoms with van der Waals surface area (Å²) in [4.78, 5) is 34.1. The average molecular weight is 741 g/mol. The second-order valence-corrected chi connectivity index (χ2v) is 21.9. The van der Waals surface area contributed by atoms with Gasteiger partial charge in [0.25, 0.3) is 0 Å². The van der Waals surface area contributed by atoms with Gasteiger partial charge < -0.3 is 15.1 Å². The minimum absolute atomic E-state index is 0.147. The number of nitrogens with one attached hydrogen (secondary N) is 1. The van der Waals surface area contributed by atoms with E-state index in [9.17, 15) is 0 Å². The van der Waals surface area contributed by atoms with E-state index in [-0.39, 0.29) is 45.2 Å². The lowest BCUT2D eigenvalue weighted by Crippen LogP contribution is -2.65. The normalized spacial score (nSPS) is 25.3. The van der Waals surface area contributed by atoms with Crippen LogP contribution >= 0.6 is 0 Å². The van der Waals surface area contributed by atoms with Crippen LogP contribution in [0.2, 0.25) is 0 Å². The van der Waals surface area contributed by atoms with Crippen molar-refractivity contribution >= 4 is 17.8 Å². The van der Waals surface area contributed by atoms with E-state index in [2.05, 4.69) is 129 Å². The maximum atomic E-state index is 6.86. The molecule has 53 heavy (non-hydrogen) atoms. The molecule has 0 aromatic carbocycles. The number of hydrogen-bond donors (Lipinski definition) is 1. The van der Waals surface area contributed by atoms with Crippen molar-refractivity contribution in [2.75, 3.05) is 29.2 Å². The topological polar surface area (TPSA) is 82.1 Å². The molecule has 0 atom stereocenters. The van der Waals surface area contributed by atoms with E-state index in [0.717, 1.165) is 69.7 Å². The third-order valence-electron chi connectivity index (χ3n) is 12.5. The van der Waals surface area contributed by atoms with Crippen molar-refractivity contribution in [2.24, 2.45) is 5.41 Å². The van der Waals surface area contributed by atoms with Gasteiger partial charge in [0.2, 0.25) is 17.8 Å². The minimum Gasteiger partial charge on any atom is -0.349 e. The molecule has 0 spiro atoms. The number of hydrogen-bond acceptors (Lipinski definition) is 10. The summed E-state index contributed by atoms with van der Waals surface area (Å²) in [6.07, 6.45) is 17.8. The molecular formula is C43H80N8O2. The van der Waals surface area contributed by atoms with Gasteiger partial charge in [-0.25, -0.2) is 0 Å². The fraction of sp³-hybridized carbons (Fsp3) is 0.930. The Morgan fingerprint density at radius 2 is 0.925 bits per heavy atom. The van der Waals surface area contributed by atoms with Gasteiger partial charge in [-0.2, -0.15) is 25.1 Å². The molecule has 3 heterocycles. The van der Waals surface area contributed by atoms with Gasteiger partial charge in [-0.05, 0) is 132 Å². The Kier molecular flexibility index (Phi) is 12.5. The summed E-state index contributed by atoms with van der Waals surface area (Å²) in [5.41, 5.74) is -0.644. The highest BCUT2D eigenvalue weighted by atomic mass is 16.7. The highest BCUT2D eigenvalue weighted by Crippen LogP contribution is 2.44. The quantitative estimate of drug-likeness (QED) is 0.237. The first-order chi connectivity index (χ1) is 24.4. The lowest BCUT2D eigenvalue weighted by atomic mass is 9.78. The Balaban J connectivity index is 1.42. The Hall–Kier alpha value is -1.75. The van der Waals surface area contributed by atoms with E-state index in [1.807, 2.05) is 0 Å². The van der Waals surface area contributed by atoms with Crippen LogP contribution in [0.15, 0.2) is 0 Å². The largest absolute Gasteiger partial charge is 0.349 e. The van der Waals surface area contributed by atoms with Crippen molar-refractivity contribution in [3.63, 3.8) is 0 Å². The molecule has 4 fully saturated rings. The van der Waals surface area contributed by atoms with Gasteiger partial charge in [-0.1, -0.05) is 59.3 Å². The molecule has 1 N–H and O–H groups in total. The van der Waals surface area contributed by atoms with Gasteiger partial charge in [0.15, 0.2) is 0 Å². The van der Waals surface area contributed by atoms with Gasteiger partial charge in [0.1, 0.15) is 0 Å². The predicted molar refractivity (Wildman–Crippen MR) is 220 cm³/mol. The van der Waals surface area contributed by atoms with Crippen molar-refractivity contribution in [2.45, 2.75) is 238 Å². The smallest absolute Gasteiger partial charge is 0.231 e. The van der Waals surface area contributed by atoms with Crippen LogP contribution in [0, 0.1) is 5.41 Å². The summed E-state index contributed by atoms with van der Waals surface area (Å²) in [5, 5.41) is 8.47. The first-order valence-corrected chi connectivity index (χ1v) is 21.3. The molecule has 1 aromatic heterocycles. The highest BCUT2D eigenvalue weighted by Gasteiger charge is 2.50. The van der Waals surface area contributed by atoms with Gasteiger partial charge in [0.05, 0.1) is 12.2 Å². The third kappa shape index (κ3) is 10.6. The molecule has 2 aliphatic carbocycles. The van der Waals surface area contributed by atoms with Gasteiger partial charge >= 0.3 is 0 Å². The molecule has 2 aliphatic heterocycles. The molecule has 0 amide bonds. The maximum absolute atomic E-state index is 6.86. The molecule has 0 bridgehead atoms. The Labute approximate surface area is 324 Å². The third-order valence-corrected chi connectivity index (χ3v) is 12.5. The van der Waals surface area contributed by atoms with Crippen LogP contribution in [-0.2, 0) is 9.68 Å². The molecule has 2 saturated carbocycles. The van der Waals surface area contributed by atoms with E-state index in [4.69, 9.17) is 24.6 Å². The Morgan fingerprint density at radius 1 is 0.585 bits per heavy atom. The zero-order chi connectivity index (χ0) is 39.2. The Bertz CT molecular complexity index is 1240. The molecule has 10 nitrogen and oxygen atoms in total. The lowest BCUT2D eigenvalue weighted by Gasteiger charge is -2.56. The van der Waals surface area contributed by atoms with E-state index < -0.39 is 0 Å². The summed E-state index contributed by atoms with van der Waals surface area (Å²) in [6, 6.07) is 0.473. The number of aromatic nitrogens is 3. The fourth-order valence-corrected chi connectivity index (χ4v) is 10.9. The van der Waals surface area contributed by atoms with Crippen LogP contribution < -0.4 is 15.1 Å². The van der Waals surface area contributed by atoms with Crippen molar-refractivity contribution in [3.05, 3.63) is 0 Å². The predicted octanol–water partition coefficient (Wildman–Crippen LogP) is 9.94. The summed E-state index contributed by atoms with van der Waals surface area (Å²) in [6.45, 7) is 30.2. The standard InChI is InChI=1S/C43H80N8O2/c1-38(2,3)30-39(4,5)47-35-44-36(48(14)31-26-40(6,7)50(41(8,9)27-31)52-33-22-18-16-19-23-33)46-37(45-35)49(15)32-28-42(10,11)51(43(12,13)29-32)53-34-24-20-17-21-25-34/h31-34H,16-30H2,1-15H3,(H,44,45,46,47). The minimum atomic E-state index is -0.206. The fourth-order valence-electron chi connectivity index (χ4n) is 10.9. The van der Waals surface area contributed by atoms with Gasteiger partial charge in [-0.3, -0.25) is 9.68 Å². The van der Waals surface area contributed by atoms with Gasteiger partial charge in [-0.15, -0.1) is 0 Å². The highest BCUT2D eigenvalue weighted by molar-refractivity contribution is 5.47. The van der Waals surface area contributed by atoms with Crippen LogP contribution in [-0.4, -0.2) is 91.2 Å². The SMILES string of the molecule is CN(c1nc(NC(C)(C)CC(C)(C)C)nc(N(C)C2CC(C)(C)N(OC3CCCCC3)C(C)(C)C2)n1)C1CC(C)(C)N(OC2CCCCC2)C(C)(C)C1. The van der Waals surface area contributed by atoms with Crippen molar-refractivity contribution < 1.29 is 9.68 Å². The molecule has 304 valence electrons. The maximum Gasteiger partial charge on any atom is 0.231 e. The summed E-state index contributed by atoms with van der Waals surface area (Å²) < 4.78 is 0. The van der Waals surface area contributed by atoms with E-state index >= 15 is 0 Å². The number of hydroxylamine groups is 4. The summed E-state index contributed by atoms with van der Waals surface area (Å²) >= 11 is 0. The second-order valence-electron chi connectivity index (χ2n) is 21.9. The summed E-state index contributed by atoms with van der Waals surface area (Å²) in [5.74, 6) is 2.10. The monoisotopic (exact) mass is 741 g/mol. The average Bonchev–Trinajstić information content (AvgIpc) is 3.02. The van der Waals surface area contributed by atoms with E-state index in [1.54, 1.807) is 0 Å². The number of anilines is 3. The number of nitrogens with zero attached hydrogens (tertiary/aromatic N) is 7. The Morgan fingerprint density at radius 3 is 1.25 bits per heavy atom. The summed E-state index contributed by atoms with van der Waals surface area (Å²) in [7, 11) is 4.37. The zero-order valence-corrected chi connectivity index (χ0v) is 36.9. The molecule has 1 aromatic rings. The molecule has 10 heteroatoms. The molecule has 0 unspecified atom stereocenters. The zero-order valence-electron chi connectivity index (χ0n) is 36.9. The molecule has 0 radical (unpaired) electrons. The number of rotatable bonds is 11. The lowest BCUT2D eigenvalue weighted by molar-refractivity contribution is -0.310. The number of piperidine rings is 2. The van der Waals surface area contributed by atoms with E-state index in [0.29, 0.717) is 18.2 Å². The second kappa shape index (κ2) is 15.7. The molecule has 5 rings (SSSR count). The van der Waals surface area contributed by atoms with Crippen molar-refractivity contribution in [1.82, 2.24) is 25.1 Å². The van der Waals surface area contributed by atoms with Crippen LogP contribution in [0.3, 0.4) is 0 Å².